The first kappa shape index (κ1) is 22.6. The first-order valence-electron chi connectivity index (χ1n) is 8.96. The smallest absolute Gasteiger partial charge is 0.414 e. The van der Waals surface area contributed by atoms with Crippen LogP contribution in [0.2, 0.25) is 0 Å². The summed E-state index contributed by atoms with van der Waals surface area (Å²) in [6.45, 7) is 10.4. The number of benzene rings is 1. The van der Waals surface area contributed by atoms with Gasteiger partial charge in [-0.15, -0.1) is 0 Å². The summed E-state index contributed by atoms with van der Waals surface area (Å²) in [5, 5.41) is 5.82. The first-order valence-corrected chi connectivity index (χ1v) is 9.75. The summed E-state index contributed by atoms with van der Waals surface area (Å²) in [5.41, 5.74) is -0.274. The van der Waals surface area contributed by atoms with Crippen LogP contribution in [0.3, 0.4) is 0 Å². The third-order valence-corrected chi connectivity index (χ3v) is 3.95. The summed E-state index contributed by atoms with van der Waals surface area (Å²) < 4.78 is 11.1. The van der Waals surface area contributed by atoms with Crippen molar-refractivity contribution in [1.29, 1.82) is 0 Å². The lowest BCUT2D eigenvalue weighted by Gasteiger charge is -2.22. The van der Waals surface area contributed by atoms with Gasteiger partial charge in [0.2, 0.25) is 5.96 Å². The van der Waals surface area contributed by atoms with Crippen molar-refractivity contribution in [2.45, 2.75) is 52.7 Å². The molecular formula is C20H25BrN4O4. The summed E-state index contributed by atoms with van der Waals surface area (Å²) in [6.07, 6.45) is 0.143. The van der Waals surface area contributed by atoms with Crippen molar-refractivity contribution >= 4 is 50.7 Å². The second kappa shape index (κ2) is 8.77. The van der Waals surface area contributed by atoms with E-state index < -0.39 is 23.4 Å². The average Bonchev–Trinajstić information content (AvgIpc) is 2.54. The highest BCUT2D eigenvalue weighted by Crippen LogP contribution is 2.31. The van der Waals surface area contributed by atoms with Gasteiger partial charge in [0.1, 0.15) is 11.2 Å². The van der Waals surface area contributed by atoms with E-state index in [-0.39, 0.29) is 5.96 Å². The summed E-state index contributed by atoms with van der Waals surface area (Å²) in [6, 6.07) is 7.32. The van der Waals surface area contributed by atoms with Gasteiger partial charge in [0.05, 0.1) is 15.7 Å². The van der Waals surface area contributed by atoms with Gasteiger partial charge < -0.3 is 9.47 Å². The molecule has 0 fully saturated rings. The van der Waals surface area contributed by atoms with Crippen LogP contribution in [-0.2, 0) is 9.47 Å². The van der Waals surface area contributed by atoms with Crippen LogP contribution in [0.5, 0.6) is 0 Å². The number of carbonyl (C=O) groups excluding carboxylic acids is 2. The second-order valence-corrected chi connectivity index (χ2v) is 8.98. The van der Waals surface area contributed by atoms with Gasteiger partial charge in [0.15, 0.2) is 0 Å². The molecule has 29 heavy (non-hydrogen) atoms. The number of ether oxygens (including phenoxy) is 2. The van der Waals surface area contributed by atoms with E-state index in [1.54, 1.807) is 53.8 Å². The quantitative estimate of drug-likeness (QED) is 0.454. The number of carbonyl (C=O) groups is 2. The molecule has 2 rings (SSSR count). The summed E-state index contributed by atoms with van der Waals surface area (Å²) >= 11 is 3.48. The zero-order valence-corrected chi connectivity index (χ0v) is 18.9. The van der Waals surface area contributed by atoms with Crippen molar-refractivity contribution in [2.24, 2.45) is 4.99 Å². The van der Waals surface area contributed by atoms with Gasteiger partial charge in [-0.25, -0.2) is 14.6 Å². The SMILES string of the molecule is CC(C)(C)OC(=O)NC(=Nc1ccc2cccnc2c1Br)NC(=O)OC(C)(C)C. The summed E-state index contributed by atoms with van der Waals surface area (Å²) in [4.78, 5) is 33.1. The molecule has 8 nitrogen and oxygen atoms in total. The van der Waals surface area contributed by atoms with Gasteiger partial charge in [-0.2, -0.15) is 0 Å². The molecule has 0 aliphatic rings. The van der Waals surface area contributed by atoms with E-state index >= 15 is 0 Å². The lowest BCUT2D eigenvalue weighted by atomic mass is 10.2. The molecular weight excluding hydrogens is 440 g/mol. The molecule has 0 saturated heterocycles. The molecule has 0 aliphatic carbocycles. The standard InChI is InChI=1S/C20H25BrN4O4/c1-19(2,3)28-17(26)24-16(25-18(27)29-20(4,5)6)23-13-10-9-12-8-7-11-22-15(12)14(13)21/h7-11H,1-6H3,(H2,23,24,25,26,27). The Labute approximate surface area is 178 Å². The van der Waals surface area contributed by atoms with Crippen LogP contribution in [-0.4, -0.2) is 34.3 Å². The van der Waals surface area contributed by atoms with Crippen LogP contribution < -0.4 is 10.6 Å². The van der Waals surface area contributed by atoms with Crippen LogP contribution >= 0.6 is 15.9 Å². The second-order valence-electron chi connectivity index (χ2n) is 8.19. The molecule has 156 valence electrons. The number of nitrogens with zero attached hydrogens (tertiary/aromatic N) is 2. The van der Waals surface area contributed by atoms with Gasteiger partial charge >= 0.3 is 12.2 Å². The number of halogens is 1. The maximum atomic E-state index is 12.2. The van der Waals surface area contributed by atoms with E-state index in [0.717, 1.165) is 5.39 Å². The molecule has 2 amide bonds. The van der Waals surface area contributed by atoms with Crippen molar-refractivity contribution < 1.29 is 19.1 Å². The molecule has 2 N–H and O–H groups in total. The van der Waals surface area contributed by atoms with E-state index in [2.05, 4.69) is 36.5 Å². The fourth-order valence-electron chi connectivity index (χ4n) is 2.19. The Kier molecular flexibility index (Phi) is 6.84. The lowest BCUT2D eigenvalue weighted by molar-refractivity contribution is 0.0545. The van der Waals surface area contributed by atoms with Crippen molar-refractivity contribution in [3.63, 3.8) is 0 Å². The third kappa shape index (κ3) is 7.34. The largest absolute Gasteiger partial charge is 0.444 e. The number of hydrogen-bond donors (Lipinski definition) is 2. The third-order valence-electron chi connectivity index (χ3n) is 3.16. The fraction of sp³-hybridized carbons (Fsp3) is 0.400. The Bertz CT molecular complexity index is 914. The topological polar surface area (TPSA) is 102 Å². The number of rotatable bonds is 1. The van der Waals surface area contributed by atoms with E-state index in [1.165, 1.54) is 0 Å². The van der Waals surface area contributed by atoms with Crippen molar-refractivity contribution in [1.82, 2.24) is 15.6 Å². The van der Waals surface area contributed by atoms with Crippen molar-refractivity contribution in [3.8, 4) is 0 Å². The van der Waals surface area contributed by atoms with Gasteiger partial charge in [-0.1, -0.05) is 12.1 Å². The zero-order valence-electron chi connectivity index (χ0n) is 17.3. The molecule has 0 radical (unpaired) electrons. The number of amides is 2. The van der Waals surface area contributed by atoms with Gasteiger partial charge in [0.25, 0.3) is 0 Å². The normalized spacial score (nSPS) is 11.6. The average molecular weight is 465 g/mol. The van der Waals surface area contributed by atoms with E-state index in [0.29, 0.717) is 15.7 Å². The van der Waals surface area contributed by atoms with Gasteiger partial charge in [0, 0.05) is 11.6 Å². The summed E-state index contributed by atoms with van der Waals surface area (Å²) in [5.74, 6) is -0.135. The minimum Gasteiger partial charge on any atom is -0.444 e. The Morgan fingerprint density at radius 3 is 2.03 bits per heavy atom. The highest BCUT2D eigenvalue weighted by atomic mass is 79.9. The van der Waals surface area contributed by atoms with Crippen molar-refractivity contribution in [2.75, 3.05) is 0 Å². The van der Waals surface area contributed by atoms with Gasteiger partial charge in [-0.05, 0) is 69.6 Å². The minimum absolute atomic E-state index is 0.135. The first-order chi connectivity index (χ1) is 13.3. The fourth-order valence-corrected chi connectivity index (χ4v) is 2.75. The summed E-state index contributed by atoms with van der Waals surface area (Å²) in [7, 11) is 0. The Balaban J connectivity index is 2.36. The van der Waals surface area contributed by atoms with E-state index in [9.17, 15) is 9.59 Å². The number of alkyl carbamates (subject to hydrolysis) is 2. The highest BCUT2D eigenvalue weighted by molar-refractivity contribution is 9.10. The molecule has 1 aromatic carbocycles. The number of hydrogen-bond acceptors (Lipinski definition) is 6. The number of aliphatic imine (C=N–C) groups is 1. The van der Waals surface area contributed by atoms with Crippen LogP contribution in [0.1, 0.15) is 41.5 Å². The molecule has 0 unspecified atom stereocenters. The molecule has 0 aliphatic heterocycles. The number of fused-ring (bicyclic) bond motifs is 1. The predicted octanol–water partition coefficient (Wildman–Crippen LogP) is 5.03. The monoisotopic (exact) mass is 464 g/mol. The maximum absolute atomic E-state index is 12.2. The van der Waals surface area contributed by atoms with E-state index in [4.69, 9.17) is 9.47 Å². The zero-order chi connectivity index (χ0) is 21.8. The molecule has 0 atom stereocenters. The van der Waals surface area contributed by atoms with E-state index in [1.807, 2.05) is 18.2 Å². The van der Waals surface area contributed by atoms with Crippen LogP contribution in [0, 0.1) is 0 Å². The molecule has 9 heteroatoms. The van der Waals surface area contributed by atoms with Crippen LogP contribution in [0.15, 0.2) is 39.9 Å². The van der Waals surface area contributed by atoms with Crippen molar-refractivity contribution in [3.05, 3.63) is 34.9 Å². The minimum atomic E-state index is -0.762. The number of aromatic nitrogens is 1. The number of pyridine rings is 1. The van der Waals surface area contributed by atoms with Crippen LogP contribution in [0.25, 0.3) is 10.9 Å². The molecule has 0 saturated carbocycles. The maximum Gasteiger partial charge on any atom is 0.414 e. The predicted molar refractivity (Wildman–Crippen MR) is 115 cm³/mol. The molecule has 1 aromatic heterocycles. The van der Waals surface area contributed by atoms with Crippen LogP contribution in [0.4, 0.5) is 15.3 Å². The van der Waals surface area contributed by atoms with Gasteiger partial charge in [-0.3, -0.25) is 15.6 Å². The lowest BCUT2D eigenvalue weighted by Crippen LogP contribution is -2.47. The Morgan fingerprint density at radius 2 is 1.52 bits per heavy atom. The molecule has 1 heterocycles. The highest BCUT2D eigenvalue weighted by Gasteiger charge is 2.21. The number of guanidine groups is 1. The molecule has 0 spiro atoms. The molecule has 2 aromatic rings. The molecule has 0 bridgehead atoms. The number of nitrogens with one attached hydrogen (secondary N) is 2. The Morgan fingerprint density at radius 1 is 0.966 bits per heavy atom. The Hall–Kier alpha value is -2.68.